The van der Waals surface area contributed by atoms with Crippen molar-refractivity contribution in [3.05, 3.63) is 12.0 Å². The van der Waals surface area contributed by atoms with Gasteiger partial charge in [0.1, 0.15) is 12.1 Å². The highest BCUT2D eigenvalue weighted by atomic mass is 16.2. The highest BCUT2D eigenvalue weighted by molar-refractivity contribution is 5.87. The van der Waals surface area contributed by atoms with Gasteiger partial charge in [0, 0.05) is 25.2 Å². The molecule has 0 bridgehead atoms. The molecule has 2 aromatic rings. The van der Waals surface area contributed by atoms with Gasteiger partial charge in [0.05, 0.1) is 5.39 Å². The molecule has 3 rings (SSSR count). The lowest BCUT2D eigenvalue weighted by Crippen LogP contribution is -2.26. The van der Waals surface area contributed by atoms with Crippen molar-refractivity contribution < 1.29 is 4.79 Å². The van der Waals surface area contributed by atoms with E-state index in [2.05, 4.69) is 20.2 Å². The molecule has 0 saturated carbocycles. The number of carbonyl (C=O) groups excluding carboxylic acids is 1. The van der Waals surface area contributed by atoms with Gasteiger partial charge in [-0.2, -0.15) is 5.10 Å². The van der Waals surface area contributed by atoms with Crippen LogP contribution in [0.25, 0.3) is 11.0 Å². The number of fused-ring (bicyclic) bond motifs is 1. The van der Waals surface area contributed by atoms with Gasteiger partial charge in [0.2, 0.25) is 5.91 Å². The summed E-state index contributed by atoms with van der Waals surface area (Å²) >= 11 is 0. The largest absolute Gasteiger partial charge is 0.383 e. The Kier molecular flexibility index (Phi) is 7.28. The third-order valence-electron chi connectivity index (χ3n) is 3.32. The predicted octanol–water partition coefficient (Wildman–Crippen LogP) is 2.29. The number of aromatic amines is 1. The number of H-pyrrole nitrogens is 1. The summed E-state index contributed by atoms with van der Waals surface area (Å²) < 4.78 is 0. The second-order valence-corrected chi connectivity index (χ2v) is 4.75. The molecule has 1 amide bonds. The number of carbonyl (C=O) groups is 1. The second-order valence-electron chi connectivity index (χ2n) is 4.75. The third-order valence-corrected chi connectivity index (χ3v) is 3.32. The zero-order valence-corrected chi connectivity index (χ0v) is 13.9. The van der Waals surface area contributed by atoms with E-state index < -0.39 is 0 Å². The van der Waals surface area contributed by atoms with Crippen molar-refractivity contribution in [3.63, 3.8) is 0 Å². The molecule has 122 valence electrons. The first-order valence-electron chi connectivity index (χ1n) is 7.82. The Labute approximate surface area is 131 Å². The molecule has 1 aliphatic heterocycles. The van der Waals surface area contributed by atoms with E-state index in [0.29, 0.717) is 23.8 Å². The summed E-state index contributed by atoms with van der Waals surface area (Å²) in [6.07, 6.45) is 4.47. The van der Waals surface area contributed by atoms with Crippen LogP contribution in [-0.2, 0) is 4.79 Å². The normalized spacial score (nSPS) is 13.2. The Morgan fingerprint density at radius 2 is 1.95 bits per heavy atom. The third kappa shape index (κ3) is 4.41. The average Bonchev–Trinajstić information content (AvgIpc) is 3.20. The Bertz CT molecular complexity index is 589. The van der Waals surface area contributed by atoms with Crippen LogP contribution in [0.4, 0.5) is 5.82 Å². The van der Waals surface area contributed by atoms with Crippen LogP contribution >= 0.6 is 0 Å². The van der Waals surface area contributed by atoms with Crippen molar-refractivity contribution in [3.8, 4) is 0 Å². The van der Waals surface area contributed by atoms with Crippen molar-refractivity contribution in [1.29, 1.82) is 0 Å². The fourth-order valence-corrected chi connectivity index (χ4v) is 2.22. The van der Waals surface area contributed by atoms with Gasteiger partial charge in [-0.25, -0.2) is 9.97 Å². The Balaban J connectivity index is 0.000000202. The summed E-state index contributed by atoms with van der Waals surface area (Å²) in [6.45, 7) is 9.79. The van der Waals surface area contributed by atoms with Crippen LogP contribution in [0.15, 0.2) is 6.33 Å². The minimum absolute atomic E-state index is 0.313. The maximum atomic E-state index is 10.9. The molecule has 22 heavy (non-hydrogen) atoms. The number of likely N-dealkylation sites (tertiary alicyclic amines) is 1. The topological polar surface area (TPSA) is 101 Å². The van der Waals surface area contributed by atoms with Gasteiger partial charge >= 0.3 is 0 Å². The standard InChI is InChI=1S/C7H13NO.C6H7N5.C2H6/c1-2-7(9)8-5-3-4-6-8;1-3-4-5(7)8-2-9-6(4)11-10-3;1-2/h2-6H2,1H3;2H,1H3,(H3,7,8,9,10,11);1-2H3. The zero-order chi connectivity index (χ0) is 16.5. The van der Waals surface area contributed by atoms with Crippen molar-refractivity contribution in [2.45, 2.75) is 47.0 Å². The SMILES string of the molecule is CC.CCC(=O)N1CCCC1.Cc1[nH]nc2ncnc(N)c12. The lowest BCUT2D eigenvalue weighted by Gasteiger charge is -2.12. The summed E-state index contributed by atoms with van der Waals surface area (Å²) in [4.78, 5) is 20.7. The minimum atomic E-state index is 0.313. The van der Waals surface area contributed by atoms with Crippen LogP contribution in [0.5, 0.6) is 0 Å². The fraction of sp³-hybridized carbons (Fsp3) is 0.600. The van der Waals surface area contributed by atoms with Crippen LogP contribution in [0, 0.1) is 6.92 Å². The molecule has 0 atom stereocenters. The molecule has 0 aliphatic carbocycles. The van der Waals surface area contributed by atoms with E-state index in [1.807, 2.05) is 32.6 Å². The lowest BCUT2D eigenvalue weighted by molar-refractivity contribution is -0.129. The number of hydrogen-bond acceptors (Lipinski definition) is 5. The summed E-state index contributed by atoms with van der Waals surface area (Å²) in [6, 6.07) is 0. The molecule has 1 fully saturated rings. The number of nitrogens with zero attached hydrogens (tertiary/aromatic N) is 4. The number of rotatable bonds is 1. The van der Waals surface area contributed by atoms with Crippen LogP contribution in [0.1, 0.15) is 45.7 Å². The van der Waals surface area contributed by atoms with Crippen molar-refractivity contribution >= 4 is 22.8 Å². The van der Waals surface area contributed by atoms with Gasteiger partial charge < -0.3 is 10.6 Å². The summed E-state index contributed by atoms with van der Waals surface area (Å²) in [5, 5.41) is 7.52. The van der Waals surface area contributed by atoms with Crippen molar-refractivity contribution in [2.75, 3.05) is 18.8 Å². The molecule has 1 saturated heterocycles. The first-order valence-corrected chi connectivity index (χ1v) is 7.82. The molecule has 1 aliphatic rings. The predicted molar refractivity (Wildman–Crippen MR) is 88.3 cm³/mol. The van der Waals surface area contributed by atoms with Gasteiger partial charge in [-0.1, -0.05) is 20.8 Å². The highest BCUT2D eigenvalue weighted by Gasteiger charge is 2.14. The first kappa shape index (κ1) is 17.9. The fourth-order valence-electron chi connectivity index (χ4n) is 2.22. The molecular formula is C15H26N6O. The summed E-state index contributed by atoms with van der Waals surface area (Å²) in [7, 11) is 0. The van der Waals surface area contributed by atoms with Crippen molar-refractivity contribution in [2.24, 2.45) is 0 Å². The van der Waals surface area contributed by atoms with E-state index in [9.17, 15) is 4.79 Å². The molecule has 0 spiro atoms. The van der Waals surface area contributed by atoms with Crippen LogP contribution < -0.4 is 5.73 Å². The van der Waals surface area contributed by atoms with Gasteiger partial charge in [0.15, 0.2) is 5.65 Å². The number of nitrogens with two attached hydrogens (primary N) is 1. The number of anilines is 1. The molecule has 3 N–H and O–H groups in total. The van der Waals surface area contributed by atoms with Gasteiger partial charge in [-0.3, -0.25) is 9.89 Å². The molecule has 7 heteroatoms. The van der Waals surface area contributed by atoms with E-state index >= 15 is 0 Å². The molecule has 2 aromatic heterocycles. The Morgan fingerprint density at radius 3 is 2.50 bits per heavy atom. The van der Waals surface area contributed by atoms with Crippen molar-refractivity contribution in [1.82, 2.24) is 25.1 Å². The van der Waals surface area contributed by atoms with Gasteiger partial charge in [0.25, 0.3) is 0 Å². The maximum absolute atomic E-state index is 10.9. The molecule has 3 heterocycles. The molecule has 0 unspecified atom stereocenters. The Hall–Kier alpha value is -2.18. The monoisotopic (exact) mass is 306 g/mol. The number of amides is 1. The number of hydrogen-bond donors (Lipinski definition) is 2. The average molecular weight is 306 g/mol. The van der Waals surface area contributed by atoms with Crippen LogP contribution in [0.2, 0.25) is 0 Å². The van der Waals surface area contributed by atoms with E-state index in [0.717, 1.165) is 24.2 Å². The zero-order valence-electron chi connectivity index (χ0n) is 13.9. The Morgan fingerprint density at radius 1 is 1.32 bits per heavy atom. The number of aryl methyl sites for hydroxylation is 1. The number of nitrogen functional groups attached to an aromatic ring is 1. The number of nitrogens with one attached hydrogen (secondary N) is 1. The lowest BCUT2D eigenvalue weighted by atomic mass is 10.3. The highest BCUT2D eigenvalue weighted by Crippen LogP contribution is 2.16. The molecule has 0 aromatic carbocycles. The van der Waals surface area contributed by atoms with Crippen LogP contribution in [0.3, 0.4) is 0 Å². The first-order chi connectivity index (χ1) is 10.6. The minimum Gasteiger partial charge on any atom is -0.383 e. The quantitative estimate of drug-likeness (QED) is 0.841. The van der Waals surface area contributed by atoms with E-state index in [4.69, 9.17) is 5.73 Å². The number of aromatic nitrogens is 4. The molecular weight excluding hydrogens is 280 g/mol. The van der Waals surface area contributed by atoms with Crippen LogP contribution in [-0.4, -0.2) is 44.1 Å². The molecule has 0 radical (unpaired) electrons. The molecule has 7 nitrogen and oxygen atoms in total. The van der Waals surface area contributed by atoms with E-state index in [1.54, 1.807) is 0 Å². The summed E-state index contributed by atoms with van der Waals surface area (Å²) in [5.41, 5.74) is 7.11. The van der Waals surface area contributed by atoms with Gasteiger partial charge in [-0.15, -0.1) is 0 Å². The maximum Gasteiger partial charge on any atom is 0.222 e. The van der Waals surface area contributed by atoms with E-state index in [-0.39, 0.29) is 0 Å². The summed E-state index contributed by atoms with van der Waals surface area (Å²) in [5.74, 6) is 0.786. The van der Waals surface area contributed by atoms with Gasteiger partial charge in [-0.05, 0) is 19.8 Å². The second kappa shape index (κ2) is 8.96. The smallest absolute Gasteiger partial charge is 0.222 e. The van der Waals surface area contributed by atoms with E-state index in [1.165, 1.54) is 19.2 Å².